The zero-order valence-electron chi connectivity index (χ0n) is 7.56. The van der Waals surface area contributed by atoms with Crippen molar-refractivity contribution in [2.45, 2.75) is 19.3 Å². The zero-order valence-corrected chi connectivity index (χ0v) is 9.14. The Morgan fingerprint density at radius 1 is 1.54 bits per heavy atom. The number of nitrogens with two attached hydrogens (primary N) is 1. The highest BCUT2D eigenvalue weighted by atomic mass is 79.9. The first-order valence-corrected chi connectivity index (χ1v) is 5.10. The third-order valence-electron chi connectivity index (χ3n) is 2.09. The molecule has 0 saturated heterocycles. The second-order valence-electron chi connectivity index (χ2n) is 3.11. The molecule has 72 valence electrons. The molecule has 0 aliphatic carbocycles. The quantitative estimate of drug-likeness (QED) is 0.871. The summed E-state index contributed by atoms with van der Waals surface area (Å²) >= 11 is 3.34. The summed E-state index contributed by atoms with van der Waals surface area (Å²) in [4.78, 5) is 0. The number of benzene rings is 1. The molecule has 0 fully saturated rings. The molecule has 0 radical (unpaired) electrons. The number of halogens is 2. The highest BCUT2D eigenvalue weighted by Crippen LogP contribution is 2.28. The van der Waals surface area contributed by atoms with E-state index in [1.807, 2.05) is 13.0 Å². The Bertz CT molecular complexity index is 268. The summed E-state index contributed by atoms with van der Waals surface area (Å²) in [6.07, 6.45) is 0.805. The van der Waals surface area contributed by atoms with E-state index in [0.717, 1.165) is 16.5 Å². The summed E-state index contributed by atoms with van der Waals surface area (Å²) in [6, 6.07) is 5.02. The molecule has 3 heteroatoms. The molecule has 0 amide bonds. The Kier molecular flexibility index (Phi) is 3.88. The summed E-state index contributed by atoms with van der Waals surface area (Å²) in [5, 5.41) is 0. The van der Waals surface area contributed by atoms with Gasteiger partial charge in [-0.25, -0.2) is 4.39 Å². The molecule has 13 heavy (non-hydrogen) atoms. The Morgan fingerprint density at radius 3 is 2.77 bits per heavy atom. The van der Waals surface area contributed by atoms with E-state index in [2.05, 4.69) is 15.9 Å². The van der Waals surface area contributed by atoms with Crippen molar-refractivity contribution in [3.63, 3.8) is 0 Å². The van der Waals surface area contributed by atoms with E-state index in [0.29, 0.717) is 6.54 Å². The van der Waals surface area contributed by atoms with Crippen LogP contribution in [-0.4, -0.2) is 6.54 Å². The fraction of sp³-hybridized carbons (Fsp3) is 0.400. The summed E-state index contributed by atoms with van der Waals surface area (Å²) in [5.74, 6) is 0.0101. The zero-order chi connectivity index (χ0) is 9.84. The van der Waals surface area contributed by atoms with Gasteiger partial charge in [0.1, 0.15) is 5.82 Å². The van der Waals surface area contributed by atoms with E-state index in [-0.39, 0.29) is 11.7 Å². The monoisotopic (exact) mass is 245 g/mol. The summed E-state index contributed by atoms with van der Waals surface area (Å²) in [7, 11) is 0. The fourth-order valence-corrected chi connectivity index (χ4v) is 2.11. The maximum Gasteiger partial charge on any atom is 0.127 e. The standard InChI is InChI=1S/C10H13BrFN/c1-7(5-6-13)10-8(11)3-2-4-9(10)12/h2-4,7H,5-6,13H2,1H3. The highest BCUT2D eigenvalue weighted by molar-refractivity contribution is 9.10. The van der Waals surface area contributed by atoms with Crippen LogP contribution in [0.1, 0.15) is 24.8 Å². The van der Waals surface area contributed by atoms with E-state index >= 15 is 0 Å². The van der Waals surface area contributed by atoms with Crippen LogP contribution in [0.15, 0.2) is 22.7 Å². The highest BCUT2D eigenvalue weighted by Gasteiger charge is 2.12. The third-order valence-corrected chi connectivity index (χ3v) is 2.78. The molecular formula is C10H13BrFN. The van der Waals surface area contributed by atoms with Gasteiger partial charge in [0, 0.05) is 10.0 Å². The van der Waals surface area contributed by atoms with Gasteiger partial charge < -0.3 is 5.73 Å². The molecule has 1 nitrogen and oxygen atoms in total. The largest absolute Gasteiger partial charge is 0.330 e. The molecule has 0 aromatic heterocycles. The minimum Gasteiger partial charge on any atom is -0.330 e. The van der Waals surface area contributed by atoms with Gasteiger partial charge in [-0.05, 0) is 31.0 Å². The van der Waals surface area contributed by atoms with Crippen LogP contribution in [0.3, 0.4) is 0 Å². The molecule has 1 aromatic rings. The van der Waals surface area contributed by atoms with Gasteiger partial charge >= 0.3 is 0 Å². The summed E-state index contributed by atoms with van der Waals surface area (Å²) in [5.41, 5.74) is 6.16. The van der Waals surface area contributed by atoms with Crippen LogP contribution < -0.4 is 5.73 Å². The maximum absolute atomic E-state index is 13.4. The smallest absolute Gasteiger partial charge is 0.127 e. The van der Waals surface area contributed by atoms with Crippen molar-refractivity contribution in [3.8, 4) is 0 Å². The molecule has 0 aliphatic heterocycles. The Hall–Kier alpha value is -0.410. The van der Waals surface area contributed by atoms with Crippen molar-refractivity contribution >= 4 is 15.9 Å². The average molecular weight is 246 g/mol. The SMILES string of the molecule is CC(CCN)c1c(F)cccc1Br. The van der Waals surface area contributed by atoms with E-state index in [9.17, 15) is 4.39 Å². The first-order valence-electron chi connectivity index (χ1n) is 4.30. The van der Waals surface area contributed by atoms with E-state index in [1.165, 1.54) is 6.07 Å². The van der Waals surface area contributed by atoms with Crippen LogP contribution in [0.5, 0.6) is 0 Å². The molecule has 0 spiro atoms. The normalized spacial score (nSPS) is 12.9. The predicted molar refractivity (Wildman–Crippen MR) is 56.2 cm³/mol. The van der Waals surface area contributed by atoms with Gasteiger partial charge in [0.2, 0.25) is 0 Å². The molecule has 0 bridgehead atoms. The van der Waals surface area contributed by atoms with Crippen molar-refractivity contribution in [3.05, 3.63) is 34.1 Å². The minimum absolute atomic E-state index is 0.157. The van der Waals surface area contributed by atoms with Crippen molar-refractivity contribution in [2.75, 3.05) is 6.54 Å². The van der Waals surface area contributed by atoms with Crippen LogP contribution in [-0.2, 0) is 0 Å². The van der Waals surface area contributed by atoms with E-state index < -0.39 is 0 Å². The molecule has 1 aromatic carbocycles. The number of hydrogen-bond donors (Lipinski definition) is 1. The van der Waals surface area contributed by atoms with Gasteiger partial charge in [0.05, 0.1) is 0 Å². The third kappa shape index (κ3) is 2.51. The number of hydrogen-bond acceptors (Lipinski definition) is 1. The lowest BCUT2D eigenvalue weighted by Gasteiger charge is -2.13. The lowest BCUT2D eigenvalue weighted by atomic mass is 9.97. The van der Waals surface area contributed by atoms with Crippen LogP contribution in [0.4, 0.5) is 4.39 Å². The van der Waals surface area contributed by atoms with Crippen LogP contribution in [0.25, 0.3) is 0 Å². The maximum atomic E-state index is 13.4. The second kappa shape index (κ2) is 4.72. The topological polar surface area (TPSA) is 26.0 Å². The van der Waals surface area contributed by atoms with Gasteiger partial charge in [0.15, 0.2) is 0 Å². The molecular weight excluding hydrogens is 233 g/mol. The van der Waals surface area contributed by atoms with Crippen LogP contribution in [0, 0.1) is 5.82 Å². The van der Waals surface area contributed by atoms with Crippen molar-refractivity contribution < 1.29 is 4.39 Å². The first kappa shape index (κ1) is 10.7. The minimum atomic E-state index is -0.157. The van der Waals surface area contributed by atoms with Crippen molar-refractivity contribution in [2.24, 2.45) is 5.73 Å². The summed E-state index contributed by atoms with van der Waals surface area (Å²) < 4.78 is 14.2. The van der Waals surface area contributed by atoms with Crippen molar-refractivity contribution in [1.82, 2.24) is 0 Å². The molecule has 2 N–H and O–H groups in total. The Balaban J connectivity index is 2.98. The van der Waals surface area contributed by atoms with E-state index in [1.54, 1.807) is 6.07 Å². The second-order valence-corrected chi connectivity index (χ2v) is 3.97. The molecule has 1 unspecified atom stereocenters. The molecule has 1 atom stereocenters. The average Bonchev–Trinajstić information content (AvgIpc) is 2.04. The number of rotatable bonds is 3. The lowest BCUT2D eigenvalue weighted by Crippen LogP contribution is -2.06. The molecule has 0 aliphatic rings. The van der Waals surface area contributed by atoms with Gasteiger partial charge in [0.25, 0.3) is 0 Å². The fourth-order valence-electron chi connectivity index (χ4n) is 1.38. The Labute approximate surface area is 86.3 Å². The molecule has 0 saturated carbocycles. The molecule has 1 rings (SSSR count). The van der Waals surface area contributed by atoms with Gasteiger partial charge in [-0.15, -0.1) is 0 Å². The summed E-state index contributed by atoms with van der Waals surface area (Å²) in [6.45, 7) is 2.57. The lowest BCUT2D eigenvalue weighted by molar-refractivity contribution is 0.575. The predicted octanol–water partition coefficient (Wildman–Crippen LogP) is 3.04. The van der Waals surface area contributed by atoms with Gasteiger partial charge in [-0.1, -0.05) is 28.9 Å². The van der Waals surface area contributed by atoms with Crippen molar-refractivity contribution in [1.29, 1.82) is 0 Å². The molecule has 0 heterocycles. The van der Waals surface area contributed by atoms with Gasteiger partial charge in [-0.3, -0.25) is 0 Å². The Morgan fingerprint density at radius 2 is 2.23 bits per heavy atom. The van der Waals surface area contributed by atoms with Gasteiger partial charge in [-0.2, -0.15) is 0 Å². The van der Waals surface area contributed by atoms with Crippen LogP contribution >= 0.6 is 15.9 Å². The van der Waals surface area contributed by atoms with Crippen LogP contribution in [0.2, 0.25) is 0 Å². The van der Waals surface area contributed by atoms with E-state index in [4.69, 9.17) is 5.73 Å². The first-order chi connectivity index (χ1) is 6.16.